The lowest BCUT2D eigenvalue weighted by molar-refractivity contribution is -0.127. The Morgan fingerprint density at radius 2 is 1.12 bits per heavy atom. The maximum absolute atomic E-state index is 9.76. The molecule has 0 saturated carbocycles. The van der Waals surface area contributed by atoms with Crippen molar-refractivity contribution >= 4 is 6.29 Å². The van der Waals surface area contributed by atoms with E-state index < -0.39 is 24.9 Å². The molecule has 0 unspecified atom stereocenters. The quantitative estimate of drug-likeness (QED) is 0.362. The van der Waals surface area contributed by atoms with Gasteiger partial charge in [0.05, 0.1) is 6.61 Å². The summed E-state index contributed by atoms with van der Waals surface area (Å²) in [5, 5.41) is 34.1. The Morgan fingerprint density at radius 3 is 1.29 bits per heavy atom. The molecule has 0 rings (SSSR count). The van der Waals surface area contributed by atoms with E-state index in [1.165, 1.54) is 0 Å². The summed E-state index contributed by atoms with van der Waals surface area (Å²) < 4.78 is 0. The van der Waals surface area contributed by atoms with Crippen LogP contribution in [0.1, 0.15) is 0 Å². The molecule has 0 aliphatic carbocycles. The molecule has 0 aromatic rings. The molecule has 0 radical (unpaired) electrons. The zero-order valence-electron chi connectivity index (χ0n) is 8.71. The van der Waals surface area contributed by atoms with Gasteiger partial charge in [-0.3, -0.25) is 0 Å². The second-order valence-corrected chi connectivity index (χ2v) is 1.87. The third-order valence-corrected chi connectivity index (χ3v) is 1.07. The molecule has 0 aromatic carbocycles. The number of aldehydes is 1. The molecule has 12 nitrogen and oxygen atoms in total. The van der Waals surface area contributed by atoms with Crippen LogP contribution in [0.5, 0.6) is 0 Å². The summed E-state index contributed by atoms with van der Waals surface area (Å²) in [6, 6.07) is 0. The second kappa shape index (κ2) is 29.5. The molecule has 17 heavy (non-hydrogen) atoms. The summed E-state index contributed by atoms with van der Waals surface area (Å²) >= 11 is 0. The fourth-order valence-corrected chi connectivity index (χ4v) is 0.416. The lowest BCUT2D eigenvalue weighted by atomic mass is 10.1. The third-order valence-electron chi connectivity index (χ3n) is 1.07. The van der Waals surface area contributed by atoms with Crippen LogP contribution in [-0.4, -0.2) is 90.0 Å². The molecule has 0 bridgehead atoms. The Balaban J connectivity index is -0.0000000193. The molecule has 116 valence electrons. The number of aliphatic hydroxyl groups is 4. The summed E-state index contributed by atoms with van der Waals surface area (Å²) in [6.07, 6.45) is -4.63. The minimum atomic E-state index is -1.64. The summed E-state index contributed by atoms with van der Waals surface area (Å²) in [4.78, 5) is 9.76. The maximum Gasteiger partial charge on any atom is 0.151 e. The van der Waals surface area contributed by atoms with E-state index in [4.69, 9.17) is 20.4 Å². The highest BCUT2D eigenvalue weighted by Gasteiger charge is 2.22. The molecule has 12 heteroatoms. The van der Waals surface area contributed by atoms with Crippen molar-refractivity contribution < 1.29 is 63.6 Å². The van der Waals surface area contributed by atoms with Crippen molar-refractivity contribution in [2.24, 2.45) is 0 Å². The Hall–Kier alpha value is -0.770. The molecule has 0 aromatic heterocycles. The van der Waals surface area contributed by atoms with E-state index >= 15 is 0 Å². The minimum Gasteiger partial charge on any atom is -0.412 e. The number of carbonyl (C=O) groups is 1. The minimum absolute atomic E-state index is 0. The predicted octanol–water partition coefficient (Wildman–Crippen LogP) is -8.51. The molecule has 0 amide bonds. The monoisotopic (exact) mass is 276 g/mol. The SMILES string of the molecule is O.O.O.O.O.O.O.O=C[C@H](O)[C@@H](O)[C@H](O)CO. The molecule has 0 aliphatic heterocycles. The van der Waals surface area contributed by atoms with Crippen LogP contribution >= 0.6 is 0 Å². The van der Waals surface area contributed by atoms with Crippen LogP contribution in [-0.2, 0) is 4.79 Å². The topological polar surface area (TPSA) is 318 Å². The molecule has 0 spiro atoms. The van der Waals surface area contributed by atoms with Crippen LogP contribution in [0.3, 0.4) is 0 Å². The van der Waals surface area contributed by atoms with Gasteiger partial charge in [0.15, 0.2) is 6.29 Å². The maximum atomic E-state index is 9.76. The van der Waals surface area contributed by atoms with Gasteiger partial charge in [-0.1, -0.05) is 0 Å². The van der Waals surface area contributed by atoms with Gasteiger partial charge < -0.3 is 63.6 Å². The Morgan fingerprint density at radius 1 is 0.824 bits per heavy atom. The van der Waals surface area contributed by atoms with E-state index in [1.54, 1.807) is 0 Å². The van der Waals surface area contributed by atoms with Crippen molar-refractivity contribution in [3.63, 3.8) is 0 Å². The van der Waals surface area contributed by atoms with Gasteiger partial charge in [-0.05, 0) is 0 Å². The largest absolute Gasteiger partial charge is 0.412 e. The van der Waals surface area contributed by atoms with E-state index in [1.807, 2.05) is 0 Å². The third kappa shape index (κ3) is 21.1. The van der Waals surface area contributed by atoms with Gasteiger partial charge in [0, 0.05) is 0 Å². The van der Waals surface area contributed by atoms with Crippen LogP contribution in [0.2, 0.25) is 0 Å². The Bertz CT molecular complexity index is 109. The highest BCUT2D eigenvalue weighted by molar-refractivity contribution is 5.56. The molecule has 18 N–H and O–H groups in total. The van der Waals surface area contributed by atoms with Crippen LogP contribution < -0.4 is 0 Å². The molecule has 0 aliphatic rings. The number of hydrogen-bond donors (Lipinski definition) is 4. The first-order valence-electron chi connectivity index (χ1n) is 2.73. The highest BCUT2D eigenvalue weighted by Crippen LogP contribution is 1.96. The normalized spacial score (nSPS) is 11.5. The molecule has 0 heterocycles. The van der Waals surface area contributed by atoms with Crippen LogP contribution in [0.4, 0.5) is 0 Å². The van der Waals surface area contributed by atoms with E-state index in [0.29, 0.717) is 0 Å². The van der Waals surface area contributed by atoms with Gasteiger partial charge in [-0.2, -0.15) is 0 Å². The molecule has 0 fully saturated rings. The van der Waals surface area contributed by atoms with Gasteiger partial charge in [-0.25, -0.2) is 0 Å². The molecule has 3 atom stereocenters. The van der Waals surface area contributed by atoms with Gasteiger partial charge in [-0.15, -0.1) is 0 Å². The van der Waals surface area contributed by atoms with Crippen molar-refractivity contribution in [2.45, 2.75) is 18.3 Å². The predicted molar refractivity (Wildman–Crippen MR) is 56.5 cm³/mol. The first kappa shape index (κ1) is 55.6. The van der Waals surface area contributed by atoms with Crippen molar-refractivity contribution in [1.82, 2.24) is 0 Å². The number of aliphatic hydroxyl groups excluding tert-OH is 4. The molecular formula is C5H24O12. The number of rotatable bonds is 4. The average molecular weight is 276 g/mol. The first-order valence-corrected chi connectivity index (χ1v) is 2.73. The lowest BCUT2D eigenvalue weighted by Gasteiger charge is -2.16. The van der Waals surface area contributed by atoms with Gasteiger partial charge >= 0.3 is 0 Å². The van der Waals surface area contributed by atoms with Gasteiger partial charge in [0.1, 0.15) is 18.3 Å². The van der Waals surface area contributed by atoms with E-state index in [9.17, 15) is 4.79 Å². The van der Waals surface area contributed by atoms with Crippen molar-refractivity contribution in [2.75, 3.05) is 6.61 Å². The molecular weight excluding hydrogens is 252 g/mol. The van der Waals surface area contributed by atoms with Crippen molar-refractivity contribution in [3.05, 3.63) is 0 Å². The fourth-order valence-electron chi connectivity index (χ4n) is 0.416. The van der Waals surface area contributed by atoms with Crippen LogP contribution in [0.15, 0.2) is 0 Å². The fraction of sp³-hybridized carbons (Fsp3) is 0.800. The van der Waals surface area contributed by atoms with Gasteiger partial charge in [0.2, 0.25) is 0 Å². The van der Waals surface area contributed by atoms with E-state index in [2.05, 4.69) is 0 Å². The highest BCUT2D eigenvalue weighted by atomic mass is 16.4. The van der Waals surface area contributed by atoms with Crippen molar-refractivity contribution in [3.8, 4) is 0 Å². The van der Waals surface area contributed by atoms with E-state index in [-0.39, 0.29) is 44.6 Å². The van der Waals surface area contributed by atoms with Crippen molar-refractivity contribution in [1.29, 1.82) is 0 Å². The zero-order chi connectivity index (χ0) is 8.15. The number of carbonyl (C=O) groups excluding carboxylic acids is 1. The van der Waals surface area contributed by atoms with Crippen LogP contribution in [0.25, 0.3) is 0 Å². The smallest absolute Gasteiger partial charge is 0.151 e. The lowest BCUT2D eigenvalue weighted by Crippen LogP contribution is -2.40. The second-order valence-electron chi connectivity index (χ2n) is 1.87. The summed E-state index contributed by atoms with van der Waals surface area (Å²) in [5.74, 6) is 0. The summed E-state index contributed by atoms with van der Waals surface area (Å²) in [7, 11) is 0. The standard InChI is InChI=1S/C5H10O5.7H2O/c6-1-3(8)5(10)4(9)2-7;;;;;;;/h1,3-5,7-10H,2H2;7*1H2/t3-,4+,5+;;;;;;;/m0......./s1. The Labute approximate surface area is 95.9 Å². The Kier molecular flexibility index (Phi) is 96.3. The summed E-state index contributed by atoms with van der Waals surface area (Å²) in [6.45, 7) is -0.688. The zero-order valence-corrected chi connectivity index (χ0v) is 8.71. The van der Waals surface area contributed by atoms with E-state index in [0.717, 1.165) is 0 Å². The van der Waals surface area contributed by atoms with Gasteiger partial charge in [0.25, 0.3) is 0 Å². The first-order chi connectivity index (χ1) is 4.63. The summed E-state index contributed by atoms with van der Waals surface area (Å²) in [5.41, 5.74) is 0. The average Bonchev–Trinajstić information content (AvgIpc) is 2.00. The molecule has 0 saturated heterocycles. The van der Waals surface area contributed by atoms with Crippen LogP contribution in [0, 0.1) is 0 Å². The number of hydrogen-bond acceptors (Lipinski definition) is 5.